The Balaban J connectivity index is 1.22. The lowest BCUT2D eigenvalue weighted by Gasteiger charge is -2.38. The molecule has 1 aromatic heterocycles. The Bertz CT molecular complexity index is 1480. The maximum atomic E-state index is 14.2. The van der Waals surface area contributed by atoms with Crippen molar-refractivity contribution in [1.82, 2.24) is 9.88 Å². The van der Waals surface area contributed by atoms with Crippen LogP contribution in [-0.2, 0) is 16.4 Å². The van der Waals surface area contributed by atoms with Gasteiger partial charge in [0.1, 0.15) is 16.9 Å². The lowest BCUT2D eigenvalue weighted by Crippen LogP contribution is -2.47. The molecule has 1 saturated heterocycles. The SMILES string of the molecule is O=C(c1ccc(NS(=O)(=O)C2=CCC(F)c3cccnc32)cc1)N1CCC(O)(Cc2ccccc2F)CC1. The van der Waals surface area contributed by atoms with E-state index in [-0.39, 0.29) is 46.4 Å². The fraction of sp³-hybridized carbons (Fsp3) is 0.286. The van der Waals surface area contributed by atoms with E-state index < -0.39 is 21.8 Å². The highest BCUT2D eigenvalue weighted by atomic mass is 32.2. The number of carbonyl (C=O) groups is 1. The third kappa shape index (κ3) is 5.32. The number of allylic oxidation sites excluding steroid dienone is 1. The highest BCUT2D eigenvalue weighted by Crippen LogP contribution is 2.37. The van der Waals surface area contributed by atoms with Crippen molar-refractivity contribution in [2.45, 2.75) is 37.5 Å². The van der Waals surface area contributed by atoms with Crippen LogP contribution in [0.3, 0.4) is 0 Å². The van der Waals surface area contributed by atoms with Gasteiger partial charge in [0.05, 0.1) is 11.3 Å². The molecule has 1 unspecified atom stereocenters. The summed E-state index contributed by atoms with van der Waals surface area (Å²) in [6.07, 6.45) is 2.18. The minimum Gasteiger partial charge on any atom is -0.389 e. The van der Waals surface area contributed by atoms with Crippen LogP contribution < -0.4 is 4.72 Å². The summed E-state index contributed by atoms with van der Waals surface area (Å²) >= 11 is 0. The van der Waals surface area contributed by atoms with E-state index in [1.807, 2.05) is 0 Å². The maximum Gasteiger partial charge on any atom is 0.263 e. The number of piperidine rings is 1. The van der Waals surface area contributed by atoms with E-state index in [0.717, 1.165) is 0 Å². The van der Waals surface area contributed by atoms with Crippen LogP contribution in [0.1, 0.15) is 52.6 Å². The minimum absolute atomic E-state index is 0.0619. The molecule has 3 aromatic rings. The zero-order valence-corrected chi connectivity index (χ0v) is 21.3. The van der Waals surface area contributed by atoms with Crippen molar-refractivity contribution < 1.29 is 27.1 Å². The number of nitrogens with one attached hydrogen (secondary N) is 1. The molecule has 38 heavy (non-hydrogen) atoms. The summed E-state index contributed by atoms with van der Waals surface area (Å²) in [5.41, 5.74) is 0.298. The molecule has 0 bridgehead atoms. The Morgan fingerprint density at radius 3 is 2.50 bits per heavy atom. The second-order valence-electron chi connectivity index (χ2n) is 9.68. The number of sulfonamides is 1. The zero-order valence-electron chi connectivity index (χ0n) is 20.5. The fourth-order valence-corrected chi connectivity index (χ4v) is 6.22. The van der Waals surface area contributed by atoms with Crippen LogP contribution in [0.5, 0.6) is 0 Å². The predicted octanol–water partition coefficient (Wildman–Crippen LogP) is 4.63. The van der Waals surface area contributed by atoms with E-state index in [1.54, 1.807) is 29.2 Å². The molecule has 0 spiro atoms. The second kappa shape index (κ2) is 10.3. The van der Waals surface area contributed by atoms with Gasteiger partial charge in [0.25, 0.3) is 15.9 Å². The number of benzene rings is 2. The van der Waals surface area contributed by atoms with Crippen LogP contribution in [0.2, 0.25) is 0 Å². The summed E-state index contributed by atoms with van der Waals surface area (Å²) < 4.78 is 56.8. The van der Waals surface area contributed by atoms with Crippen LogP contribution in [0.4, 0.5) is 14.5 Å². The third-order valence-corrected chi connectivity index (χ3v) is 8.50. The summed E-state index contributed by atoms with van der Waals surface area (Å²) in [7, 11) is -4.04. The van der Waals surface area contributed by atoms with E-state index >= 15 is 0 Å². The van der Waals surface area contributed by atoms with Crippen LogP contribution in [0.15, 0.2) is 72.9 Å². The molecule has 1 fully saturated rings. The smallest absolute Gasteiger partial charge is 0.263 e. The lowest BCUT2D eigenvalue weighted by atomic mass is 9.85. The average Bonchev–Trinajstić information content (AvgIpc) is 2.90. The van der Waals surface area contributed by atoms with Gasteiger partial charge in [0, 0.05) is 48.9 Å². The largest absolute Gasteiger partial charge is 0.389 e. The van der Waals surface area contributed by atoms with Crippen molar-refractivity contribution in [3.63, 3.8) is 0 Å². The summed E-state index contributed by atoms with van der Waals surface area (Å²) in [6.45, 7) is 0.628. The molecule has 0 radical (unpaired) electrons. The number of likely N-dealkylation sites (tertiary alicyclic amines) is 1. The highest BCUT2D eigenvalue weighted by molar-refractivity contribution is 8.01. The quantitative estimate of drug-likeness (QED) is 0.476. The van der Waals surface area contributed by atoms with E-state index in [4.69, 9.17) is 0 Å². The van der Waals surface area contributed by atoms with Gasteiger partial charge in [-0.1, -0.05) is 30.3 Å². The molecule has 1 amide bonds. The molecule has 2 aromatic carbocycles. The molecule has 1 aliphatic carbocycles. The van der Waals surface area contributed by atoms with Gasteiger partial charge in [0.2, 0.25) is 0 Å². The number of rotatable bonds is 6. The van der Waals surface area contributed by atoms with Crippen molar-refractivity contribution in [1.29, 1.82) is 0 Å². The van der Waals surface area contributed by atoms with Crippen molar-refractivity contribution in [3.8, 4) is 0 Å². The number of amides is 1. The minimum atomic E-state index is -4.04. The van der Waals surface area contributed by atoms with Crippen LogP contribution in [0.25, 0.3) is 4.91 Å². The summed E-state index contributed by atoms with van der Waals surface area (Å²) in [5.74, 6) is -0.601. The number of carbonyl (C=O) groups excluding carboxylic acids is 1. The molecule has 1 atom stereocenters. The molecule has 1 aliphatic heterocycles. The van der Waals surface area contributed by atoms with Crippen LogP contribution in [0, 0.1) is 5.82 Å². The molecule has 7 nitrogen and oxygen atoms in total. The van der Waals surface area contributed by atoms with Crippen molar-refractivity contribution in [2.75, 3.05) is 17.8 Å². The summed E-state index contributed by atoms with van der Waals surface area (Å²) in [4.78, 5) is 18.6. The molecule has 2 N–H and O–H groups in total. The van der Waals surface area contributed by atoms with Gasteiger partial charge in [-0.15, -0.1) is 0 Å². The Labute approximate surface area is 219 Å². The summed E-state index contributed by atoms with van der Waals surface area (Å²) in [6, 6.07) is 15.5. The number of anilines is 1. The third-order valence-electron chi connectivity index (χ3n) is 7.05. The molecular formula is C28H27F2N3O4S. The topological polar surface area (TPSA) is 99.6 Å². The molecule has 0 saturated carbocycles. The Morgan fingerprint density at radius 1 is 1.08 bits per heavy atom. The van der Waals surface area contributed by atoms with E-state index in [9.17, 15) is 27.1 Å². The summed E-state index contributed by atoms with van der Waals surface area (Å²) in [5, 5.41) is 10.9. The number of nitrogens with zero attached hydrogens (tertiary/aromatic N) is 2. The number of pyridine rings is 1. The molecular weight excluding hydrogens is 512 g/mol. The number of hydrogen-bond acceptors (Lipinski definition) is 5. The fourth-order valence-electron chi connectivity index (χ4n) is 4.92. The van der Waals surface area contributed by atoms with Gasteiger partial charge < -0.3 is 10.0 Å². The normalized spacial score (nSPS) is 18.9. The van der Waals surface area contributed by atoms with Gasteiger partial charge in [0.15, 0.2) is 0 Å². The van der Waals surface area contributed by atoms with Gasteiger partial charge in [-0.3, -0.25) is 14.5 Å². The average molecular weight is 540 g/mol. The maximum absolute atomic E-state index is 14.2. The van der Waals surface area contributed by atoms with Crippen LogP contribution >= 0.6 is 0 Å². The van der Waals surface area contributed by atoms with Gasteiger partial charge in [-0.25, -0.2) is 17.2 Å². The Hall–Kier alpha value is -3.63. The molecule has 198 valence electrons. The van der Waals surface area contributed by atoms with Crippen molar-refractivity contribution in [3.05, 3.63) is 101 Å². The van der Waals surface area contributed by atoms with E-state index in [0.29, 0.717) is 37.1 Å². The standard InChI is InChI=1S/C28H27F2N3O4S/c29-23-6-2-1-4-20(23)18-28(35)13-16-33(17-14-28)27(34)19-7-9-21(10-8-19)32-38(36,37)25-12-11-24(30)22-5-3-15-31-26(22)25/h1-10,12,15,24,32,35H,11,13-14,16-18H2. The van der Waals surface area contributed by atoms with Crippen molar-refractivity contribution in [2.24, 2.45) is 0 Å². The second-order valence-corrected chi connectivity index (χ2v) is 11.3. The number of fused-ring (bicyclic) bond motifs is 1. The molecule has 10 heteroatoms. The first-order valence-corrected chi connectivity index (χ1v) is 13.8. The number of alkyl halides is 1. The number of hydrogen-bond donors (Lipinski definition) is 2. The first-order chi connectivity index (χ1) is 18.2. The Morgan fingerprint density at radius 2 is 1.79 bits per heavy atom. The monoisotopic (exact) mass is 539 g/mol. The molecule has 5 rings (SSSR count). The predicted molar refractivity (Wildman–Crippen MR) is 140 cm³/mol. The zero-order chi connectivity index (χ0) is 26.9. The number of aliphatic hydroxyl groups is 1. The van der Waals surface area contributed by atoms with Crippen molar-refractivity contribution >= 4 is 26.5 Å². The van der Waals surface area contributed by atoms with E-state index in [2.05, 4.69) is 9.71 Å². The van der Waals surface area contributed by atoms with E-state index in [1.165, 1.54) is 48.7 Å². The first-order valence-electron chi connectivity index (χ1n) is 12.3. The highest BCUT2D eigenvalue weighted by Gasteiger charge is 2.35. The number of halogens is 2. The Kier molecular flexibility index (Phi) is 7.02. The lowest BCUT2D eigenvalue weighted by molar-refractivity contribution is -0.0167. The van der Waals surface area contributed by atoms with Crippen LogP contribution in [-0.4, -0.2) is 48.0 Å². The van der Waals surface area contributed by atoms with Gasteiger partial charge in [-0.05, 0) is 54.8 Å². The first kappa shape index (κ1) is 26.0. The number of aromatic nitrogens is 1. The molecule has 2 heterocycles. The molecule has 2 aliphatic rings. The van der Waals surface area contributed by atoms with Gasteiger partial charge in [-0.2, -0.15) is 0 Å². The van der Waals surface area contributed by atoms with Gasteiger partial charge >= 0.3 is 0 Å².